The van der Waals surface area contributed by atoms with Crippen molar-refractivity contribution in [3.8, 4) is 0 Å². The number of anilines is 1. The fraction of sp³-hybridized carbons (Fsp3) is 0.353. The van der Waals surface area contributed by atoms with E-state index < -0.39 is 0 Å². The molecule has 2 aromatic rings. The van der Waals surface area contributed by atoms with Crippen LogP contribution in [0.4, 0.5) is 5.69 Å². The fourth-order valence-electron chi connectivity index (χ4n) is 2.76. The number of amides is 1. The smallest absolute Gasteiger partial charge is 0.224 e. The molecule has 1 amide bonds. The quantitative estimate of drug-likeness (QED) is 0.883. The van der Waals surface area contributed by atoms with Crippen molar-refractivity contribution in [3.63, 3.8) is 0 Å². The van der Waals surface area contributed by atoms with Crippen molar-refractivity contribution in [2.75, 3.05) is 5.32 Å². The Hall–Kier alpha value is -2.43. The summed E-state index contributed by atoms with van der Waals surface area (Å²) in [5.41, 5.74) is 2.52. The molecule has 1 aromatic carbocycles. The lowest BCUT2D eigenvalue weighted by Gasteiger charge is -2.17. The third-order valence-electron chi connectivity index (χ3n) is 3.90. The number of Topliss-reactive ketones (excluding diaryl/α,β-unsaturated/α-hetero) is 1. The number of fused-ring (bicyclic) bond motifs is 1. The molecule has 0 fully saturated rings. The largest absolute Gasteiger partial charge is 0.327 e. The number of rotatable bonds is 4. The normalized spacial score (nSPS) is 13.9. The van der Waals surface area contributed by atoms with Crippen molar-refractivity contribution in [2.45, 2.75) is 39.2 Å². The molecule has 114 valence electrons. The number of nitrogens with one attached hydrogen (secondary N) is 1. The van der Waals surface area contributed by atoms with E-state index in [0.29, 0.717) is 24.9 Å². The Labute approximate surface area is 129 Å². The van der Waals surface area contributed by atoms with Crippen molar-refractivity contribution in [2.24, 2.45) is 0 Å². The first-order valence-corrected chi connectivity index (χ1v) is 7.51. The van der Waals surface area contributed by atoms with Gasteiger partial charge in [0.2, 0.25) is 5.91 Å². The van der Waals surface area contributed by atoms with E-state index in [4.69, 9.17) is 0 Å². The molecule has 0 aliphatic carbocycles. The highest BCUT2D eigenvalue weighted by Gasteiger charge is 2.17. The Bertz CT molecular complexity index is 731. The predicted octanol–water partition coefficient (Wildman–Crippen LogP) is 2.77. The summed E-state index contributed by atoms with van der Waals surface area (Å²) in [5.74, 6) is 1.28. The number of aromatic nitrogens is 2. The zero-order chi connectivity index (χ0) is 15.7. The Balaban J connectivity index is 1.81. The average Bonchev–Trinajstić information content (AvgIpc) is 2.95. The molecule has 0 bridgehead atoms. The van der Waals surface area contributed by atoms with Gasteiger partial charge in [0.1, 0.15) is 5.82 Å². The number of carbonyl (C=O) groups excluding carboxylic acids is 2. The number of carbonyl (C=O) groups is 2. The summed E-state index contributed by atoms with van der Waals surface area (Å²) in [6, 6.07) is 5.48. The van der Waals surface area contributed by atoms with Crippen molar-refractivity contribution in [1.82, 2.24) is 9.55 Å². The van der Waals surface area contributed by atoms with E-state index in [9.17, 15) is 9.59 Å². The van der Waals surface area contributed by atoms with Crippen LogP contribution >= 0.6 is 0 Å². The van der Waals surface area contributed by atoms with E-state index in [-0.39, 0.29) is 17.6 Å². The molecule has 0 atom stereocenters. The summed E-state index contributed by atoms with van der Waals surface area (Å²) in [7, 11) is 0. The van der Waals surface area contributed by atoms with E-state index in [1.165, 1.54) is 0 Å². The summed E-state index contributed by atoms with van der Waals surface area (Å²) >= 11 is 0. The van der Waals surface area contributed by atoms with Crippen LogP contribution in [0.25, 0.3) is 0 Å². The van der Waals surface area contributed by atoms with Gasteiger partial charge in [0.05, 0.1) is 6.54 Å². The summed E-state index contributed by atoms with van der Waals surface area (Å²) in [6.45, 7) is 4.41. The fourth-order valence-corrected chi connectivity index (χ4v) is 2.76. The number of imidazole rings is 1. The molecular weight excluding hydrogens is 278 g/mol. The van der Waals surface area contributed by atoms with Gasteiger partial charge in [-0.05, 0) is 30.2 Å². The minimum Gasteiger partial charge on any atom is -0.327 e. The van der Waals surface area contributed by atoms with Crippen LogP contribution in [0.3, 0.4) is 0 Å². The van der Waals surface area contributed by atoms with Crippen LogP contribution in [0, 0.1) is 0 Å². The van der Waals surface area contributed by atoms with Gasteiger partial charge in [-0.2, -0.15) is 0 Å². The van der Waals surface area contributed by atoms with Gasteiger partial charge < -0.3 is 9.88 Å². The number of ketones is 1. The second kappa shape index (κ2) is 5.75. The number of hydrogen-bond acceptors (Lipinski definition) is 3. The molecule has 0 spiro atoms. The lowest BCUT2D eigenvalue weighted by molar-refractivity contribution is -0.116. The summed E-state index contributed by atoms with van der Waals surface area (Å²) < 4.78 is 1.90. The molecule has 0 unspecified atom stereocenters. The Morgan fingerprint density at radius 2 is 2.18 bits per heavy atom. The first kappa shape index (κ1) is 14.5. The molecule has 0 radical (unpaired) electrons. The minimum atomic E-state index is 0.0339. The zero-order valence-electron chi connectivity index (χ0n) is 12.8. The van der Waals surface area contributed by atoms with Crippen LogP contribution in [-0.2, 0) is 17.8 Å². The monoisotopic (exact) mass is 297 g/mol. The molecule has 1 N–H and O–H groups in total. The van der Waals surface area contributed by atoms with Crippen LogP contribution < -0.4 is 5.32 Å². The van der Waals surface area contributed by atoms with E-state index in [1.807, 2.05) is 22.9 Å². The van der Waals surface area contributed by atoms with Crippen molar-refractivity contribution in [3.05, 3.63) is 47.5 Å². The maximum absolute atomic E-state index is 12.5. The molecule has 1 aliphatic heterocycles. The molecule has 0 saturated carbocycles. The summed E-state index contributed by atoms with van der Waals surface area (Å²) in [4.78, 5) is 28.2. The average molecular weight is 297 g/mol. The van der Waals surface area contributed by atoms with Gasteiger partial charge in [-0.25, -0.2) is 4.98 Å². The van der Waals surface area contributed by atoms with Gasteiger partial charge >= 0.3 is 0 Å². The van der Waals surface area contributed by atoms with Gasteiger partial charge in [0.25, 0.3) is 0 Å². The van der Waals surface area contributed by atoms with Gasteiger partial charge in [0, 0.05) is 36.0 Å². The van der Waals surface area contributed by atoms with E-state index in [0.717, 1.165) is 17.1 Å². The minimum absolute atomic E-state index is 0.0339. The maximum Gasteiger partial charge on any atom is 0.224 e. The molecule has 5 nitrogen and oxygen atoms in total. The third-order valence-corrected chi connectivity index (χ3v) is 3.90. The number of benzene rings is 1. The Morgan fingerprint density at radius 3 is 2.95 bits per heavy atom. The second-order valence-corrected chi connectivity index (χ2v) is 5.91. The number of aryl methyl sites for hydroxylation is 1. The number of nitrogens with zero attached hydrogens (tertiary/aromatic N) is 2. The molecule has 1 aliphatic rings. The highest BCUT2D eigenvalue weighted by atomic mass is 16.1. The predicted molar refractivity (Wildman–Crippen MR) is 84.0 cm³/mol. The highest BCUT2D eigenvalue weighted by molar-refractivity contribution is 5.98. The van der Waals surface area contributed by atoms with E-state index in [1.54, 1.807) is 12.3 Å². The van der Waals surface area contributed by atoms with Crippen LogP contribution in [0.1, 0.15) is 47.9 Å². The molecule has 1 aromatic heterocycles. The number of hydrogen-bond donors (Lipinski definition) is 1. The van der Waals surface area contributed by atoms with Crippen LogP contribution in [0.5, 0.6) is 0 Å². The molecule has 0 saturated heterocycles. The van der Waals surface area contributed by atoms with Crippen LogP contribution in [0.2, 0.25) is 0 Å². The summed E-state index contributed by atoms with van der Waals surface area (Å²) in [5, 5.41) is 2.83. The summed E-state index contributed by atoms with van der Waals surface area (Å²) in [6.07, 6.45) is 4.73. The highest BCUT2D eigenvalue weighted by Crippen LogP contribution is 2.24. The lowest BCUT2D eigenvalue weighted by Crippen LogP contribution is -2.20. The van der Waals surface area contributed by atoms with Gasteiger partial charge in [-0.3, -0.25) is 9.59 Å². The van der Waals surface area contributed by atoms with Gasteiger partial charge in [-0.15, -0.1) is 0 Å². The lowest BCUT2D eigenvalue weighted by atomic mass is 9.99. The van der Waals surface area contributed by atoms with Gasteiger partial charge in [0.15, 0.2) is 5.78 Å². The molecular formula is C17H19N3O2. The van der Waals surface area contributed by atoms with E-state index >= 15 is 0 Å². The van der Waals surface area contributed by atoms with E-state index in [2.05, 4.69) is 24.1 Å². The zero-order valence-corrected chi connectivity index (χ0v) is 12.8. The van der Waals surface area contributed by atoms with Crippen LogP contribution in [-0.4, -0.2) is 21.2 Å². The third kappa shape index (κ3) is 2.79. The molecule has 2 heterocycles. The van der Waals surface area contributed by atoms with Gasteiger partial charge in [-0.1, -0.05) is 13.8 Å². The molecule has 5 heteroatoms. The Kier molecular flexibility index (Phi) is 3.79. The first-order valence-electron chi connectivity index (χ1n) is 7.51. The Morgan fingerprint density at radius 1 is 1.36 bits per heavy atom. The van der Waals surface area contributed by atoms with Crippen molar-refractivity contribution >= 4 is 17.4 Å². The molecule has 3 rings (SSSR count). The topological polar surface area (TPSA) is 64.0 Å². The first-order chi connectivity index (χ1) is 10.5. The standard InChI is InChI=1S/C17H19N3O2/c1-11(2)17-18-7-8-20(17)10-15(21)13-3-5-14-12(9-13)4-6-16(22)19-14/h3,5,7-9,11H,4,6,10H2,1-2H3,(H,19,22). The second-order valence-electron chi connectivity index (χ2n) is 5.91. The SMILES string of the molecule is CC(C)c1nccn1CC(=O)c1ccc2c(c1)CCC(=O)N2. The van der Waals surface area contributed by atoms with Crippen molar-refractivity contribution in [1.29, 1.82) is 0 Å². The van der Waals surface area contributed by atoms with Crippen molar-refractivity contribution < 1.29 is 9.59 Å². The molecule has 22 heavy (non-hydrogen) atoms. The van der Waals surface area contributed by atoms with Crippen LogP contribution in [0.15, 0.2) is 30.6 Å². The maximum atomic E-state index is 12.5.